The maximum absolute atomic E-state index is 12.7. The third-order valence-corrected chi connectivity index (χ3v) is 10.5. The lowest BCUT2D eigenvalue weighted by molar-refractivity contribution is -0.571. The van der Waals surface area contributed by atoms with E-state index >= 15 is 0 Å². The molecule has 0 radical (unpaired) electrons. The van der Waals surface area contributed by atoms with Gasteiger partial charge in [-0.25, -0.2) is 0 Å². The second kappa shape index (κ2) is 9.15. The van der Waals surface area contributed by atoms with E-state index in [2.05, 4.69) is 47.9 Å². The van der Waals surface area contributed by atoms with E-state index in [0.29, 0.717) is 18.8 Å². The van der Waals surface area contributed by atoms with Crippen molar-refractivity contribution in [3.05, 3.63) is 62.7 Å². The third kappa shape index (κ3) is 3.70. The molecule has 1 saturated heterocycles. The van der Waals surface area contributed by atoms with Crippen LogP contribution in [0.15, 0.2) is 47.1 Å². The Morgan fingerprint density at radius 1 is 1.05 bits per heavy atom. The molecule has 0 bridgehead atoms. The van der Waals surface area contributed by atoms with E-state index in [1.54, 1.807) is 6.92 Å². The van der Waals surface area contributed by atoms with Crippen molar-refractivity contribution in [1.82, 2.24) is 0 Å². The quantitative estimate of drug-likeness (QED) is 0.267. The number of allylic oxidation sites excluding steroid dienone is 4. The maximum Gasteiger partial charge on any atom is 0.286 e. The number of benzene rings is 1. The lowest BCUT2D eigenvalue weighted by Gasteiger charge is -2.52. The Kier molecular flexibility index (Phi) is 6.05. The van der Waals surface area contributed by atoms with E-state index in [4.69, 9.17) is 0 Å². The lowest BCUT2D eigenvalue weighted by atomic mass is 9.50. The number of nitrogens with zero attached hydrogens (tertiary/aromatic N) is 2. The van der Waals surface area contributed by atoms with E-state index < -0.39 is 11.0 Å². The minimum atomic E-state index is -1.19. The topological polar surface area (TPSA) is 63.5 Å². The van der Waals surface area contributed by atoms with Gasteiger partial charge < -0.3 is 4.90 Å². The van der Waals surface area contributed by atoms with Crippen LogP contribution in [0.2, 0.25) is 0 Å². The molecule has 6 rings (SSSR count). The first-order valence-electron chi connectivity index (χ1n) is 14.3. The number of fused-ring (bicyclic) bond motifs is 4. The molecule has 0 spiro atoms. The maximum atomic E-state index is 12.7. The zero-order chi connectivity index (χ0) is 25.8. The van der Waals surface area contributed by atoms with Crippen molar-refractivity contribution in [2.45, 2.75) is 89.5 Å². The Morgan fingerprint density at radius 3 is 2.51 bits per heavy atom. The monoisotopic (exact) mass is 498 g/mol. The van der Waals surface area contributed by atoms with Gasteiger partial charge in [-0.05, 0) is 111 Å². The molecule has 1 heterocycles. The van der Waals surface area contributed by atoms with Crippen molar-refractivity contribution in [3.8, 4) is 11.8 Å². The summed E-state index contributed by atoms with van der Waals surface area (Å²) in [5.74, 6) is 7.06. The molecule has 5 heteroatoms. The van der Waals surface area contributed by atoms with E-state index in [1.165, 1.54) is 47.2 Å². The van der Waals surface area contributed by atoms with Gasteiger partial charge in [0.15, 0.2) is 5.78 Å². The molecule has 0 N–H and O–H groups in total. The number of carbonyl (C=O) groups excluding carboxylic acids is 1. The Morgan fingerprint density at radius 2 is 1.81 bits per heavy atom. The van der Waals surface area contributed by atoms with Crippen LogP contribution in [0.5, 0.6) is 0 Å². The SMILES string of the molecule is CC#C[C@]1([N+](=O)[O-])CC[C@H]2[C@@H]3CCC4=CC(=O)CCC4=C3[C@@H](c3ccc(N4CCCCC4)cc3)C[C@@]21C. The van der Waals surface area contributed by atoms with Gasteiger partial charge in [0, 0.05) is 42.5 Å². The summed E-state index contributed by atoms with van der Waals surface area (Å²) >= 11 is 0. The number of nitro groups is 1. The summed E-state index contributed by atoms with van der Waals surface area (Å²) in [7, 11) is 0. The minimum absolute atomic E-state index is 0.0500. The van der Waals surface area contributed by atoms with E-state index in [9.17, 15) is 14.9 Å². The van der Waals surface area contributed by atoms with Crippen LogP contribution in [-0.4, -0.2) is 29.3 Å². The summed E-state index contributed by atoms with van der Waals surface area (Å²) in [6, 6.07) is 9.09. The van der Waals surface area contributed by atoms with Gasteiger partial charge in [-0.1, -0.05) is 30.6 Å². The number of rotatable bonds is 3. The van der Waals surface area contributed by atoms with Crippen molar-refractivity contribution in [2.75, 3.05) is 18.0 Å². The number of anilines is 1. The van der Waals surface area contributed by atoms with Crippen LogP contribution in [0.4, 0.5) is 5.69 Å². The summed E-state index contributed by atoms with van der Waals surface area (Å²) in [5, 5.41) is 12.7. The standard InChI is InChI=1S/C32H38N2O3/c1-3-16-32(34(36)37)17-15-29-27-13-9-23-20-25(35)12-14-26(23)30(27)28(21-31(29,32)2)22-7-10-24(11-8-22)33-18-5-4-6-19-33/h7-8,10-11,20,27-29H,4-6,9,12-15,17-19,21H2,1-2H3/t27-,28+,29-,31-,32-/m0/s1. The summed E-state index contributed by atoms with van der Waals surface area (Å²) in [5.41, 5.74) is 4.98. The molecule has 3 fully saturated rings. The van der Waals surface area contributed by atoms with Crippen LogP contribution < -0.4 is 4.90 Å². The largest absolute Gasteiger partial charge is 0.372 e. The van der Waals surface area contributed by atoms with Crippen molar-refractivity contribution in [1.29, 1.82) is 0 Å². The summed E-state index contributed by atoms with van der Waals surface area (Å²) in [6.45, 7) is 6.14. The zero-order valence-corrected chi connectivity index (χ0v) is 22.2. The van der Waals surface area contributed by atoms with Gasteiger partial charge in [-0.15, -0.1) is 0 Å². The van der Waals surface area contributed by atoms with Gasteiger partial charge >= 0.3 is 0 Å². The Hall–Kier alpha value is -2.87. The first kappa shape index (κ1) is 24.5. The van der Waals surface area contributed by atoms with Crippen LogP contribution in [-0.2, 0) is 4.79 Å². The molecular weight excluding hydrogens is 460 g/mol. The van der Waals surface area contributed by atoms with Gasteiger partial charge in [0.1, 0.15) is 0 Å². The second-order valence-corrected chi connectivity index (χ2v) is 12.2. The molecule has 1 aromatic carbocycles. The number of carbonyl (C=O) groups is 1. The molecule has 5 nitrogen and oxygen atoms in total. The predicted molar refractivity (Wildman–Crippen MR) is 146 cm³/mol. The number of piperidine rings is 1. The highest BCUT2D eigenvalue weighted by atomic mass is 16.6. The fourth-order valence-electron chi connectivity index (χ4n) is 8.79. The Bertz CT molecular complexity index is 1240. The van der Waals surface area contributed by atoms with Crippen molar-refractivity contribution >= 4 is 11.5 Å². The molecule has 4 aliphatic carbocycles. The predicted octanol–water partition coefficient (Wildman–Crippen LogP) is 6.62. The van der Waals surface area contributed by atoms with Crippen LogP contribution in [0.1, 0.15) is 89.5 Å². The lowest BCUT2D eigenvalue weighted by Crippen LogP contribution is -2.54. The fourth-order valence-corrected chi connectivity index (χ4v) is 8.79. The van der Waals surface area contributed by atoms with Gasteiger partial charge in [0.2, 0.25) is 0 Å². The van der Waals surface area contributed by atoms with Crippen LogP contribution in [0, 0.1) is 39.2 Å². The average Bonchev–Trinajstić information content (AvgIpc) is 3.21. The van der Waals surface area contributed by atoms with E-state index in [0.717, 1.165) is 45.2 Å². The highest BCUT2D eigenvalue weighted by Gasteiger charge is 2.69. The van der Waals surface area contributed by atoms with Crippen molar-refractivity contribution in [2.24, 2.45) is 17.3 Å². The number of hydrogen-bond acceptors (Lipinski definition) is 4. The first-order valence-corrected chi connectivity index (χ1v) is 14.3. The van der Waals surface area contributed by atoms with E-state index in [1.807, 2.05) is 6.08 Å². The Balaban J connectivity index is 1.47. The normalized spacial score (nSPS) is 35.1. The van der Waals surface area contributed by atoms with Crippen LogP contribution >= 0.6 is 0 Å². The van der Waals surface area contributed by atoms with Gasteiger partial charge in [0.25, 0.3) is 5.54 Å². The number of ketones is 1. The highest BCUT2D eigenvalue weighted by Crippen LogP contribution is 2.67. The zero-order valence-electron chi connectivity index (χ0n) is 22.2. The van der Waals surface area contributed by atoms with Gasteiger partial charge in [0.05, 0.1) is 5.41 Å². The molecular formula is C32H38N2O3. The molecule has 1 aromatic rings. The molecule has 0 amide bonds. The van der Waals surface area contributed by atoms with Gasteiger partial charge in [-0.3, -0.25) is 14.9 Å². The fraction of sp³-hybridized carbons (Fsp3) is 0.594. The smallest absolute Gasteiger partial charge is 0.286 e. The summed E-state index contributed by atoms with van der Waals surface area (Å²) in [4.78, 5) is 27.4. The molecule has 2 saturated carbocycles. The molecule has 0 aromatic heterocycles. The van der Waals surface area contributed by atoms with Crippen molar-refractivity contribution in [3.63, 3.8) is 0 Å². The second-order valence-electron chi connectivity index (χ2n) is 12.2. The third-order valence-electron chi connectivity index (χ3n) is 10.5. The highest BCUT2D eigenvalue weighted by molar-refractivity contribution is 5.93. The molecule has 5 aliphatic rings. The summed E-state index contributed by atoms with van der Waals surface area (Å²) in [6.07, 6.45) is 11.1. The molecule has 5 atom stereocenters. The van der Waals surface area contributed by atoms with Crippen LogP contribution in [0.3, 0.4) is 0 Å². The molecule has 1 aliphatic heterocycles. The Labute approximate surface area is 220 Å². The molecule has 0 unspecified atom stereocenters. The van der Waals surface area contributed by atoms with Gasteiger partial charge in [-0.2, -0.15) is 0 Å². The van der Waals surface area contributed by atoms with Crippen LogP contribution in [0.25, 0.3) is 0 Å². The minimum Gasteiger partial charge on any atom is -0.372 e. The first-order chi connectivity index (χ1) is 17.9. The number of hydrogen-bond donors (Lipinski definition) is 0. The van der Waals surface area contributed by atoms with Crippen molar-refractivity contribution < 1.29 is 9.72 Å². The van der Waals surface area contributed by atoms with E-state index in [-0.39, 0.29) is 22.5 Å². The summed E-state index contributed by atoms with van der Waals surface area (Å²) < 4.78 is 0. The molecule has 37 heavy (non-hydrogen) atoms. The average molecular weight is 499 g/mol. The molecule has 194 valence electrons.